The number of carbonyl (C=O) groups is 1. The Kier molecular flexibility index (Phi) is 3.09. The Hall–Kier alpha value is -2.83. The summed E-state index contributed by atoms with van der Waals surface area (Å²) in [4.78, 5) is 24.7. The van der Waals surface area contributed by atoms with Gasteiger partial charge in [0.2, 0.25) is 5.82 Å². The van der Waals surface area contributed by atoms with Crippen LogP contribution in [0.4, 0.5) is 5.82 Å². The number of fused-ring (bicyclic) bond motifs is 1. The van der Waals surface area contributed by atoms with Crippen molar-refractivity contribution in [3.63, 3.8) is 0 Å². The molecule has 3 aromatic rings. The minimum absolute atomic E-state index is 0.0681. The maximum Gasteiger partial charge on any atom is 0.296 e. The van der Waals surface area contributed by atoms with Crippen molar-refractivity contribution in [2.24, 2.45) is 0 Å². The highest BCUT2D eigenvalue weighted by Gasteiger charge is 2.15. The number of amides is 1. The fraction of sp³-hybridized carbons (Fsp3) is 0.214. The summed E-state index contributed by atoms with van der Waals surface area (Å²) in [5, 5.41) is 6.83. The van der Waals surface area contributed by atoms with E-state index in [4.69, 9.17) is 0 Å². The minimum atomic E-state index is -0.408. The third-order valence-electron chi connectivity index (χ3n) is 2.97. The molecule has 7 nitrogen and oxygen atoms in total. The van der Waals surface area contributed by atoms with Crippen molar-refractivity contribution in [2.45, 2.75) is 20.8 Å². The monoisotopic (exact) mass is 282 g/mol. The van der Waals surface area contributed by atoms with Crippen molar-refractivity contribution in [3.8, 4) is 0 Å². The van der Waals surface area contributed by atoms with Gasteiger partial charge in [0.05, 0.1) is 0 Å². The van der Waals surface area contributed by atoms with Gasteiger partial charge >= 0.3 is 0 Å². The molecule has 0 unspecified atom stereocenters. The van der Waals surface area contributed by atoms with Crippen LogP contribution in [0.25, 0.3) is 5.78 Å². The fourth-order valence-electron chi connectivity index (χ4n) is 1.98. The second-order valence-electron chi connectivity index (χ2n) is 4.86. The predicted octanol–water partition coefficient (Wildman–Crippen LogP) is 1.70. The second-order valence-corrected chi connectivity index (χ2v) is 4.86. The van der Waals surface area contributed by atoms with Crippen LogP contribution in [0.15, 0.2) is 24.4 Å². The first-order valence-corrected chi connectivity index (χ1v) is 6.48. The summed E-state index contributed by atoms with van der Waals surface area (Å²) in [7, 11) is 0. The largest absolute Gasteiger partial charge is 0.304 e. The maximum absolute atomic E-state index is 12.1. The van der Waals surface area contributed by atoms with E-state index in [9.17, 15) is 4.79 Å². The number of nitrogens with one attached hydrogen (secondary N) is 1. The molecule has 1 N–H and O–H groups in total. The van der Waals surface area contributed by atoms with E-state index in [1.54, 1.807) is 16.8 Å². The quantitative estimate of drug-likeness (QED) is 0.773. The van der Waals surface area contributed by atoms with Gasteiger partial charge in [-0.1, -0.05) is 6.07 Å². The summed E-state index contributed by atoms with van der Waals surface area (Å²) in [6.45, 7) is 5.69. The van der Waals surface area contributed by atoms with Crippen LogP contribution >= 0.6 is 0 Å². The Morgan fingerprint density at radius 1 is 1.19 bits per heavy atom. The zero-order chi connectivity index (χ0) is 15.0. The lowest BCUT2D eigenvalue weighted by Crippen LogP contribution is -2.14. The van der Waals surface area contributed by atoms with Gasteiger partial charge in [0.25, 0.3) is 11.7 Å². The van der Waals surface area contributed by atoms with E-state index in [2.05, 4.69) is 25.4 Å². The molecule has 0 saturated carbocycles. The van der Waals surface area contributed by atoms with Crippen LogP contribution in [-0.4, -0.2) is 30.5 Å². The zero-order valence-corrected chi connectivity index (χ0v) is 12.0. The fourth-order valence-corrected chi connectivity index (χ4v) is 1.98. The maximum atomic E-state index is 12.1. The number of aryl methyl sites for hydroxylation is 3. The van der Waals surface area contributed by atoms with Gasteiger partial charge in [0.1, 0.15) is 5.82 Å². The summed E-state index contributed by atoms with van der Waals surface area (Å²) in [6.07, 6.45) is 1.68. The topological polar surface area (TPSA) is 85.1 Å². The average molecular weight is 282 g/mol. The Morgan fingerprint density at radius 2 is 2.00 bits per heavy atom. The first kappa shape index (κ1) is 13.2. The number of anilines is 1. The summed E-state index contributed by atoms with van der Waals surface area (Å²) < 4.78 is 1.55. The molecule has 21 heavy (non-hydrogen) atoms. The summed E-state index contributed by atoms with van der Waals surface area (Å²) in [6, 6.07) is 5.48. The molecule has 3 heterocycles. The number of rotatable bonds is 2. The Labute approximate surface area is 121 Å². The average Bonchev–Trinajstić information content (AvgIpc) is 2.85. The Bertz CT molecular complexity index is 821. The number of pyridine rings is 1. The van der Waals surface area contributed by atoms with Crippen molar-refractivity contribution in [2.75, 3.05) is 5.32 Å². The molecule has 106 valence electrons. The van der Waals surface area contributed by atoms with Crippen molar-refractivity contribution in [3.05, 3.63) is 47.2 Å². The van der Waals surface area contributed by atoms with Gasteiger partial charge in [0, 0.05) is 17.6 Å². The molecule has 0 radical (unpaired) electrons. The molecule has 0 bridgehead atoms. The van der Waals surface area contributed by atoms with E-state index < -0.39 is 5.91 Å². The lowest BCUT2D eigenvalue weighted by atomic mass is 10.3. The van der Waals surface area contributed by atoms with Gasteiger partial charge in [-0.2, -0.15) is 4.98 Å². The summed E-state index contributed by atoms with van der Waals surface area (Å²) in [5.74, 6) is 0.535. The van der Waals surface area contributed by atoms with Crippen molar-refractivity contribution in [1.82, 2.24) is 24.6 Å². The molecule has 0 saturated heterocycles. The van der Waals surface area contributed by atoms with E-state index in [-0.39, 0.29) is 5.82 Å². The lowest BCUT2D eigenvalue weighted by Gasteiger charge is -2.01. The molecule has 0 aliphatic rings. The SMILES string of the molecule is Cc1ccc(NC(=O)c2nc3nc(C)cc(C)n3n2)nc1. The molecule has 3 aromatic heterocycles. The molecule has 0 aromatic carbocycles. The standard InChI is InChI=1S/C14H14N6O/c1-8-4-5-11(15-7-8)17-13(21)12-18-14-16-9(2)6-10(3)20(14)19-12/h4-7H,1-3H3,(H,15,17,21). The molecule has 0 spiro atoms. The molecule has 0 atom stereocenters. The predicted molar refractivity (Wildman–Crippen MR) is 77.2 cm³/mol. The smallest absolute Gasteiger partial charge is 0.296 e. The highest BCUT2D eigenvalue weighted by Crippen LogP contribution is 2.08. The Balaban J connectivity index is 1.91. The molecular formula is C14H14N6O. The van der Waals surface area contributed by atoms with Crippen molar-refractivity contribution < 1.29 is 4.79 Å². The van der Waals surface area contributed by atoms with Gasteiger partial charge < -0.3 is 5.32 Å². The van der Waals surface area contributed by atoms with Crippen LogP contribution in [0.1, 0.15) is 27.6 Å². The van der Waals surface area contributed by atoms with E-state index in [1.807, 2.05) is 32.9 Å². The van der Waals surface area contributed by atoms with Gasteiger partial charge in [0.15, 0.2) is 0 Å². The van der Waals surface area contributed by atoms with Crippen molar-refractivity contribution >= 4 is 17.5 Å². The Morgan fingerprint density at radius 3 is 2.71 bits per heavy atom. The third kappa shape index (κ3) is 2.58. The number of carbonyl (C=O) groups excluding carboxylic acids is 1. The first-order chi connectivity index (χ1) is 10.0. The van der Waals surface area contributed by atoms with Crippen LogP contribution in [0.2, 0.25) is 0 Å². The van der Waals surface area contributed by atoms with Crippen LogP contribution in [0, 0.1) is 20.8 Å². The number of hydrogen-bond donors (Lipinski definition) is 1. The number of hydrogen-bond acceptors (Lipinski definition) is 5. The van der Waals surface area contributed by atoms with Crippen LogP contribution < -0.4 is 5.32 Å². The number of aromatic nitrogens is 5. The molecule has 0 fully saturated rings. The van der Waals surface area contributed by atoms with E-state index in [0.717, 1.165) is 17.0 Å². The highest BCUT2D eigenvalue weighted by atomic mass is 16.2. The minimum Gasteiger partial charge on any atom is -0.304 e. The zero-order valence-electron chi connectivity index (χ0n) is 12.0. The van der Waals surface area contributed by atoms with Gasteiger partial charge in [-0.3, -0.25) is 4.79 Å². The molecule has 0 aliphatic heterocycles. The normalized spacial score (nSPS) is 10.8. The van der Waals surface area contributed by atoms with Gasteiger partial charge in [-0.05, 0) is 38.5 Å². The van der Waals surface area contributed by atoms with Crippen LogP contribution in [0.5, 0.6) is 0 Å². The summed E-state index contributed by atoms with van der Waals surface area (Å²) in [5.41, 5.74) is 2.73. The second kappa shape index (κ2) is 4.93. The van der Waals surface area contributed by atoms with E-state index >= 15 is 0 Å². The molecule has 7 heteroatoms. The lowest BCUT2D eigenvalue weighted by molar-refractivity contribution is 0.101. The van der Waals surface area contributed by atoms with E-state index in [0.29, 0.717) is 11.6 Å². The highest BCUT2D eigenvalue weighted by molar-refractivity contribution is 6.01. The van der Waals surface area contributed by atoms with Crippen molar-refractivity contribution in [1.29, 1.82) is 0 Å². The molecular weight excluding hydrogens is 268 g/mol. The molecule has 3 rings (SSSR count). The summed E-state index contributed by atoms with van der Waals surface area (Å²) >= 11 is 0. The van der Waals surface area contributed by atoms with Crippen LogP contribution in [-0.2, 0) is 0 Å². The van der Waals surface area contributed by atoms with E-state index in [1.165, 1.54) is 0 Å². The molecule has 1 amide bonds. The van der Waals surface area contributed by atoms with Crippen LogP contribution in [0.3, 0.4) is 0 Å². The number of nitrogens with zero attached hydrogens (tertiary/aromatic N) is 5. The third-order valence-corrected chi connectivity index (χ3v) is 2.97. The van der Waals surface area contributed by atoms with Gasteiger partial charge in [-0.25, -0.2) is 14.5 Å². The van der Waals surface area contributed by atoms with Gasteiger partial charge in [-0.15, -0.1) is 5.10 Å². The molecule has 0 aliphatic carbocycles. The first-order valence-electron chi connectivity index (χ1n) is 6.48.